The highest BCUT2D eigenvalue weighted by atomic mass is 32.2. The number of alkyl halides is 3. The predicted octanol–water partition coefficient (Wildman–Crippen LogP) is 5.40. The zero-order valence-electron chi connectivity index (χ0n) is 18.3. The molecule has 0 bridgehead atoms. The first-order valence-electron chi connectivity index (χ1n) is 9.97. The van der Waals surface area contributed by atoms with Crippen molar-refractivity contribution in [2.75, 3.05) is 18.6 Å². The predicted molar refractivity (Wildman–Crippen MR) is 125 cm³/mol. The lowest BCUT2D eigenvalue weighted by Gasteiger charge is -2.11. The molecule has 0 spiro atoms. The van der Waals surface area contributed by atoms with E-state index in [0.717, 1.165) is 18.4 Å². The second-order valence-corrected chi connectivity index (χ2v) is 9.29. The molecular weight excluding hydrogens is 467 g/mol. The van der Waals surface area contributed by atoms with E-state index in [1.54, 1.807) is 48.1 Å². The lowest BCUT2D eigenvalue weighted by Crippen LogP contribution is -2.04. The van der Waals surface area contributed by atoms with Gasteiger partial charge in [0, 0.05) is 25.1 Å². The number of hydrogen-bond donors (Lipinski definition) is 2. The monoisotopic (exact) mass is 489 g/mol. The fraction of sp³-hybridized carbons (Fsp3) is 0.125. The molecule has 4 rings (SSSR count). The van der Waals surface area contributed by atoms with Crippen molar-refractivity contribution >= 4 is 15.5 Å². The van der Waals surface area contributed by atoms with Gasteiger partial charge in [0.05, 0.1) is 33.9 Å². The third-order valence-corrected chi connectivity index (χ3v) is 5.90. The highest BCUT2D eigenvalue weighted by Gasteiger charge is 2.30. The maximum atomic E-state index is 12.7. The van der Waals surface area contributed by atoms with Gasteiger partial charge >= 0.3 is 6.18 Å². The Labute approximate surface area is 195 Å². The van der Waals surface area contributed by atoms with Gasteiger partial charge in [-0.1, -0.05) is 30.3 Å². The van der Waals surface area contributed by atoms with Gasteiger partial charge in [-0.2, -0.15) is 13.2 Å². The quantitative estimate of drug-likeness (QED) is 0.401. The number of para-hydroxylation sites is 1. The number of aromatic hydroxyl groups is 1. The van der Waals surface area contributed by atoms with Crippen LogP contribution in [0.2, 0.25) is 0 Å². The molecule has 0 aliphatic heterocycles. The number of sulfone groups is 1. The van der Waals surface area contributed by atoms with E-state index in [0.29, 0.717) is 28.4 Å². The highest BCUT2D eigenvalue weighted by Crippen LogP contribution is 2.31. The van der Waals surface area contributed by atoms with Gasteiger partial charge in [-0.25, -0.2) is 13.4 Å². The summed E-state index contributed by atoms with van der Waals surface area (Å²) in [6.45, 7) is 0. The Balaban J connectivity index is 0.000000396. The molecule has 0 amide bonds. The van der Waals surface area contributed by atoms with Gasteiger partial charge in [0.1, 0.15) is 5.75 Å². The molecular formula is C24H22F3N3O3S. The molecule has 0 unspecified atom stereocenters. The smallest absolute Gasteiger partial charge is 0.416 e. The lowest BCUT2D eigenvalue weighted by atomic mass is 10.1. The first-order chi connectivity index (χ1) is 16.0. The second kappa shape index (κ2) is 10.0. The van der Waals surface area contributed by atoms with E-state index in [1.165, 1.54) is 30.6 Å². The van der Waals surface area contributed by atoms with E-state index in [2.05, 4.69) is 10.3 Å². The molecule has 0 fully saturated rings. The Kier molecular flexibility index (Phi) is 7.31. The van der Waals surface area contributed by atoms with E-state index < -0.39 is 21.6 Å². The number of benzene rings is 3. The molecule has 1 heterocycles. The summed E-state index contributed by atoms with van der Waals surface area (Å²) in [6.07, 6.45) is -0.168. The maximum absolute atomic E-state index is 12.7. The summed E-state index contributed by atoms with van der Waals surface area (Å²) in [6, 6.07) is 18.1. The zero-order chi connectivity index (χ0) is 24.9. The van der Waals surface area contributed by atoms with Crippen LogP contribution in [0, 0.1) is 0 Å². The van der Waals surface area contributed by atoms with E-state index in [1.807, 2.05) is 6.07 Å². The van der Waals surface area contributed by atoms with Gasteiger partial charge in [0.2, 0.25) is 0 Å². The molecule has 2 N–H and O–H groups in total. The van der Waals surface area contributed by atoms with Crippen molar-refractivity contribution in [2.45, 2.75) is 11.1 Å². The molecule has 0 saturated heterocycles. The van der Waals surface area contributed by atoms with Crippen molar-refractivity contribution in [1.29, 1.82) is 0 Å². The summed E-state index contributed by atoms with van der Waals surface area (Å²) in [5.74, 6) is 0.322. The molecule has 0 aliphatic rings. The van der Waals surface area contributed by atoms with Crippen molar-refractivity contribution < 1.29 is 26.7 Å². The molecule has 0 radical (unpaired) electrons. The number of nitrogens with zero attached hydrogens (tertiary/aromatic N) is 2. The van der Waals surface area contributed by atoms with E-state index in [4.69, 9.17) is 5.11 Å². The maximum Gasteiger partial charge on any atom is 0.416 e. The van der Waals surface area contributed by atoms with Gasteiger partial charge in [-0.3, -0.25) is 0 Å². The molecule has 0 aliphatic carbocycles. The molecule has 3 aromatic carbocycles. The van der Waals surface area contributed by atoms with Crippen molar-refractivity contribution in [1.82, 2.24) is 9.55 Å². The Morgan fingerprint density at radius 2 is 1.62 bits per heavy atom. The number of imidazole rings is 1. The van der Waals surface area contributed by atoms with E-state index in [-0.39, 0.29) is 4.90 Å². The van der Waals surface area contributed by atoms with Crippen molar-refractivity contribution in [3.63, 3.8) is 0 Å². The summed E-state index contributed by atoms with van der Waals surface area (Å²) in [4.78, 5) is 4.38. The molecule has 10 heteroatoms. The fourth-order valence-corrected chi connectivity index (χ4v) is 3.67. The van der Waals surface area contributed by atoms with Crippen LogP contribution in [0.3, 0.4) is 0 Å². The average molecular weight is 490 g/mol. The largest absolute Gasteiger partial charge is 0.508 e. The van der Waals surface area contributed by atoms with Crippen LogP contribution in [0.4, 0.5) is 18.9 Å². The number of phenolic OH excluding ortho intramolecular Hbond substituents is 1. The molecule has 34 heavy (non-hydrogen) atoms. The van der Waals surface area contributed by atoms with Crippen LogP contribution < -0.4 is 5.32 Å². The van der Waals surface area contributed by atoms with E-state index >= 15 is 0 Å². The first-order valence-corrected chi connectivity index (χ1v) is 11.9. The normalized spacial score (nSPS) is 11.4. The zero-order valence-corrected chi connectivity index (χ0v) is 19.1. The van der Waals surface area contributed by atoms with Crippen LogP contribution >= 0.6 is 0 Å². The highest BCUT2D eigenvalue weighted by molar-refractivity contribution is 7.90. The molecule has 1 aromatic heterocycles. The minimum Gasteiger partial charge on any atom is -0.508 e. The van der Waals surface area contributed by atoms with Crippen molar-refractivity contribution in [3.8, 4) is 22.7 Å². The molecule has 4 aromatic rings. The number of rotatable bonds is 4. The summed E-state index contributed by atoms with van der Waals surface area (Å²) in [7, 11) is -1.69. The van der Waals surface area contributed by atoms with Crippen molar-refractivity contribution in [3.05, 3.63) is 90.9 Å². The average Bonchev–Trinajstić information content (AvgIpc) is 3.29. The standard InChI is InChI=1S/C18H16F3N3O2S.C6H6O/c1-22-15-8-7-14(27(2,25)26)9-17(15)24-10-16(23-11-24)12-3-5-13(6-4-12)18(19,20)21;7-6-4-2-1-3-5-6/h3-11,22H,1-2H3;1-5,7H. The number of anilines is 1. The number of phenols is 1. The Bertz CT molecular complexity index is 1350. The van der Waals surface area contributed by atoms with Gasteiger partial charge in [0.25, 0.3) is 0 Å². The topological polar surface area (TPSA) is 84.2 Å². The van der Waals surface area contributed by atoms with Crippen LogP contribution in [0.5, 0.6) is 5.75 Å². The fourth-order valence-electron chi connectivity index (χ4n) is 3.03. The number of hydrogen-bond acceptors (Lipinski definition) is 5. The minimum absolute atomic E-state index is 0.154. The van der Waals surface area contributed by atoms with Gasteiger partial charge in [-0.15, -0.1) is 0 Å². The number of halogens is 3. The lowest BCUT2D eigenvalue weighted by molar-refractivity contribution is -0.137. The third kappa shape index (κ3) is 6.16. The second-order valence-electron chi connectivity index (χ2n) is 7.28. The minimum atomic E-state index is -4.40. The molecule has 0 atom stereocenters. The Hall–Kier alpha value is -3.79. The molecule has 178 valence electrons. The first kappa shape index (κ1) is 24.8. The van der Waals surface area contributed by atoms with Crippen LogP contribution in [-0.2, 0) is 16.0 Å². The van der Waals surface area contributed by atoms with Crippen LogP contribution in [-0.4, -0.2) is 36.4 Å². The summed E-state index contributed by atoms with van der Waals surface area (Å²) in [5.41, 5.74) is 1.50. The van der Waals surface area contributed by atoms with Crippen LogP contribution in [0.15, 0.2) is 90.2 Å². The van der Waals surface area contributed by atoms with Gasteiger partial charge in [0.15, 0.2) is 9.84 Å². The van der Waals surface area contributed by atoms with Crippen LogP contribution in [0.1, 0.15) is 5.56 Å². The Morgan fingerprint density at radius 3 is 2.12 bits per heavy atom. The third-order valence-electron chi connectivity index (χ3n) is 4.79. The van der Waals surface area contributed by atoms with Gasteiger partial charge < -0.3 is 15.0 Å². The van der Waals surface area contributed by atoms with Crippen molar-refractivity contribution in [2.24, 2.45) is 0 Å². The van der Waals surface area contributed by atoms with Crippen LogP contribution in [0.25, 0.3) is 16.9 Å². The molecule has 6 nitrogen and oxygen atoms in total. The molecule has 0 saturated carbocycles. The SMILES string of the molecule is CNc1ccc(S(C)(=O)=O)cc1-n1cnc(-c2ccc(C(F)(F)F)cc2)c1.Oc1ccccc1. The Morgan fingerprint density at radius 1 is 0.971 bits per heavy atom. The summed E-state index contributed by atoms with van der Waals surface area (Å²) >= 11 is 0. The van der Waals surface area contributed by atoms with Gasteiger partial charge in [-0.05, 0) is 42.5 Å². The number of nitrogens with one attached hydrogen (secondary N) is 1. The van der Waals surface area contributed by atoms with E-state index in [9.17, 15) is 21.6 Å². The summed E-state index contributed by atoms with van der Waals surface area (Å²) < 4.78 is 63.3. The number of aromatic nitrogens is 2. The summed E-state index contributed by atoms with van der Waals surface area (Å²) in [5, 5.41) is 11.6.